The minimum absolute atomic E-state index is 0.0255. The molecule has 0 radical (unpaired) electrons. The van der Waals surface area contributed by atoms with Gasteiger partial charge in [-0.2, -0.15) is 0 Å². The van der Waals surface area contributed by atoms with E-state index in [0.717, 1.165) is 18.7 Å². The van der Waals surface area contributed by atoms with E-state index in [1.807, 2.05) is 14.1 Å². The lowest BCUT2D eigenvalue weighted by molar-refractivity contribution is -0.135. The predicted molar refractivity (Wildman–Crippen MR) is 118 cm³/mol. The third-order valence-corrected chi connectivity index (χ3v) is 5.50. The Morgan fingerprint density at radius 1 is 1.12 bits per heavy atom. The smallest absolute Gasteiger partial charge is 0.254 e. The van der Waals surface area contributed by atoms with E-state index in [9.17, 15) is 23.2 Å². The summed E-state index contributed by atoms with van der Waals surface area (Å²) >= 11 is 0. The molecule has 32 heavy (non-hydrogen) atoms. The molecule has 0 unspecified atom stereocenters. The van der Waals surface area contributed by atoms with Crippen molar-refractivity contribution in [2.75, 3.05) is 46.8 Å². The van der Waals surface area contributed by atoms with E-state index in [1.54, 1.807) is 4.90 Å². The van der Waals surface area contributed by atoms with E-state index < -0.39 is 17.5 Å². The lowest BCUT2D eigenvalue weighted by Gasteiger charge is -2.33. The summed E-state index contributed by atoms with van der Waals surface area (Å²) in [6, 6.07) is 2.72. The molecule has 178 valence electrons. The molecule has 0 atom stereocenters. The summed E-state index contributed by atoms with van der Waals surface area (Å²) in [6.45, 7) is 6.70. The standard InChI is InChI=1S/C23H34F2N4O3/c1-23(2,15-28(3)4)14-27-21(31)16-8-11-29(12-9-16)20(30)7-10-26-22(32)18-6-5-17(24)13-19(18)25/h5-6,13,16H,7-12,14-15H2,1-4H3,(H,26,32)(H,27,31). The highest BCUT2D eigenvalue weighted by molar-refractivity contribution is 5.94. The number of nitrogens with one attached hydrogen (secondary N) is 2. The molecular weight excluding hydrogens is 418 g/mol. The summed E-state index contributed by atoms with van der Waals surface area (Å²) in [5, 5.41) is 5.53. The van der Waals surface area contributed by atoms with Gasteiger partial charge in [-0.25, -0.2) is 8.78 Å². The second-order valence-corrected chi connectivity index (χ2v) is 9.40. The average Bonchev–Trinajstić information content (AvgIpc) is 2.71. The van der Waals surface area contributed by atoms with Crippen LogP contribution in [0.25, 0.3) is 0 Å². The van der Waals surface area contributed by atoms with Gasteiger partial charge in [0.25, 0.3) is 5.91 Å². The summed E-state index contributed by atoms with van der Waals surface area (Å²) in [7, 11) is 4.01. The van der Waals surface area contributed by atoms with Crippen LogP contribution in [0, 0.1) is 23.0 Å². The third-order valence-electron chi connectivity index (χ3n) is 5.50. The third kappa shape index (κ3) is 7.85. The number of hydrogen-bond acceptors (Lipinski definition) is 4. The number of nitrogens with zero attached hydrogens (tertiary/aromatic N) is 2. The number of carbonyl (C=O) groups is 3. The summed E-state index contributed by atoms with van der Waals surface area (Å²) in [5.74, 6) is -2.62. The van der Waals surface area contributed by atoms with Crippen molar-refractivity contribution in [2.45, 2.75) is 33.1 Å². The number of halogens is 2. The lowest BCUT2D eigenvalue weighted by atomic mass is 9.91. The van der Waals surface area contributed by atoms with Gasteiger partial charge >= 0.3 is 0 Å². The van der Waals surface area contributed by atoms with E-state index in [4.69, 9.17) is 0 Å². The number of likely N-dealkylation sites (tertiary alicyclic amines) is 1. The van der Waals surface area contributed by atoms with Crippen LogP contribution in [-0.2, 0) is 9.59 Å². The molecule has 0 bridgehead atoms. The van der Waals surface area contributed by atoms with Crippen molar-refractivity contribution in [3.63, 3.8) is 0 Å². The first-order valence-electron chi connectivity index (χ1n) is 10.9. The molecule has 1 aromatic rings. The Bertz CT molecular complexity index is 821. The van der Waals surface area contributed by atoms with E-state index in [-0.39, 0.29) is 41.7 Å². The van der Waals surface area contributed by atoms with Crippen molar-refractivity contribution >= 4 is 17.7 Å². The number of benzene rings is 1. The Labute approximate surface area is 188 Å². The number of amides is 3. The SMILES string of the molecule is CN(C)CC(C)(C)CNC(=O)C1CCN(C(=O)CCNC(=O)c2ccc(F)cc2F)CC1. The van der Waals surface area contributed by atoms with Gasteiger partial charge in [0.1, 0.15) is 11.6 Å². The minimum atomic E-state index is -0.945. The maximum atomic E-state index is 13.6. The molecule has 1 aliphatic heterocycles. The van der Waals surface area contributed by atoms with Crippen LogP contribution in [0.5, 0.6) is 0 Å². The monoisotopic (exact) mass is 452 g/mol. The molecule has 0 spiro atoms. The van der Waals surface area contributed by atoms with Gasteiger partial charge < -0.3 is 20.4 Å². The molecule has 0 aliphatic carbocycles. The van der Waals surface area contributed by atoms with Gasteiger partial charge in [-0.1, -0.05) is 13.8 Å². The van der Waals surface area contributed by atoms with Gasteiger partial charge in [-0.15, -0.1) is 0 Å². The highest BCUT2D eigenvalue weighted by atomic mass is 19.1. The molecule has 7 nitrogen and oxygen atoms in total. The molecule has 1 heterocycles. The molecule has 0 saturated carbocycles. The Morgan fingerprint density at radius 3 is 2.38 bits per heavy atom. The largest absolute Gasteiger partial charge is 0.355 e. The first-order valence-corrected chi connectivity index (χ1v) is 10.9. The minimum Gasteiger partial charge on any atom is -0.355 e. The highest BCUT2D eigenvalue weighted by Crippen LogP contribution is 2.20. The second-order valence-electron chi connectivity index (χ2n) is 9.40. The molecule has 2 rings (SSSR count). The van der Waals surface area contributed by atoms with Crippen molar-refractivity contribution < 1.29 is 23.2 Å². The fraction of sp³-hybridized carbons (Fsp3) is 0.609. The molecular formula is C23H34F2N4O3. The van der Waals surface area contributed by atoms with Crippen LogP contribution < -0.4 is 10.6 Å². The first kappa shape index (κ1) is 25.7. The summed E-state index contributed by atoms with van der Waals surface area (Å²) in [5.41, 5.74) is -0.295. The topological polar surface area (TPSA) is 81.8 Å². The summed E-state index contributed by atoms with van der Waals surface area (Å²) in [4.78, 5) is 40.7. The van der Waals surface area contributed by atoms with Gasteiger partial charge in [0.05, 0.1) is 5.56 Å². The first-order chi connectivity index (χ1) is 15.0. The van der Waals surface area contributed by atoms with Crippen LogP contribution in [0.3, 0.4) is 0 Å². The van der Waals surface area contributed by atoms with Crippen LogP contribution in [0.4, 0.5) is 8.78 Å². The Kier molecular flexibility index (Phi) is 9.12. The zero-order valence-electron chi connectivity index (χ0n) is 19.3. The Morgan fingerprint density at radius 2 is 1.78 bits per heavy atom. The zero-order valence-corrected chi connectivity index (χ0v) is 19.3. The van der Waals surface area contributed by atoms with E-state index >= 15 is 0 Å². The molecule has 2 N–H and O–H groups in total. The average molecular weight is 453 g/mol. The molecule has 1 fully saturated rings. The number of carbonyl (C=O) groups excluding carboxylic acids is 3. The molecule has 1 saturated heterocycles. The van der Waals surface area contributed by atoms with E-state index in [1.165, 1.54) is 0 Å². The van der Waals surface area contributed by atoms with Crippen LogP contribution in [0.1, 0.15) is 43.5 Å². The molecule has 9 heteroatoms. The normalized spacial score (nSPS) is 15.0. The van der Waals surface area contributed by atoms with Crippen molar-refractivity contribution in [3.05, 3.63) is 35.4 Å². The van der Waals surface area contributed by atoms with Gasteiger partial charge in [0.15, 0.2) is 0 Å². The molecule has 3 amide bonds. The maximum Gasteiger partial charge on any atom is 0.254 e. The van der Waals surface area contributed by atoms with E-state index in [2.05, 4.69) is 29.4 Å². The second kappa shape index (κ2) is 11.4. The van der Waals surface area contributed by atoms with Gasteiger partial charge in [-0.3, -0.25) is 14.4 Å². The fourth-order valence-electron chi connectivity index (χ4n) is 3.98. The van der Waals surface area contributed by atoms with Crippen LogP contribution in [-0.4, -0.2) is 74.3 Å². The molecule has 0 aromatic heterocycles. The van der Waals surface area contributed by atoms with Crippen molar-refractivity contribution in [3.8, 4) is 0 Å². The van der Waals surface area contributed by atoms with Crippen molar-refractivity contribution in [1.82, 2.24) is 20.4 Å². The Hall–Kier alpha value is -2.55. The highest BCUT2D eigenvalue weighted by Gasteiger charge is 2.28. The Balaban J connectivity index is 1.71. The van der Waals surface area contributed by atoms with Gasteiger partial charge in [-0.05, 0) is 44.5 Å². The van der Waals surface area contributed by atoms with Gasteiger partial charge in [0, 0.05) is 51.1 Å². The van der Waals surface area contributed by atoms with Crippen LogP contribution in [0.2, 0.25) is 0 Å². The van der Waals surface area contributed by atoms with Gasteiger partial charge in [0.2, 0.25) is 11.8 Å². The predicted octanol–water partition coefficient (Wildman–Crippen LogP) is 2.03. The number of hydrogen-bond donors (Lipinski definition) is 2. The van der Waals surface area contributed by atoms with Crippen LogP contribution >= 0.6 is 0 Å². The summed E-state index contributed by atoms with van der Waals surface area (Å²) in [6.07, 6.45) is 1.27. The molecule has 1 aromatic carbocycles. The maximum absolute atomic E-state index is 13.6. The number of piperidine rings is 1. The van der Waals surface area contributed by atoms with Crippen molar-refractivity contribution in [1.29, 1.82) is 0 Å². The molecule has 1 aliphatic rings. The van der Waals surface area contributed by atoms with Crippen molar-refractivity contribution in [2.24, 2.45) is 11.3 Å². The van der Waals surface area contributed by atoms with E-state index in [0.29, 0.717) is 38.5 Å². The fourth-order valence-corrected chi connectivity index (χ4v) is 3.98. The zero-order chi connectivity index (χ0) is 23.9. The van der Waals surface area contributed by atoms with Crippen LogP contribution in [0.15, 0.2) is 18.2 Å². The lowest BCUT2D eigenvalue weighted by Crippen LogP contribution is -2.46. The number of rotatable bonds is 9. The summed E-state index contributed by atoms with van der Waals surface area (Å²) < 4.78 is 26.6. The quantitative estimate of drug-likeness (QED) is 0.601.